The van der Waals surface area contributed by atoms with Crippen molar-refractivity contribution in [3.63, 3.8) is 0 Å². The Labute approximate surface area is 149 Å². The van der Waals surface area contributed by atoms with Crippen LogP contribution in [-0.2, 0) is 4.79 Å². The summed E-state index contributed by atoms with van der Waals surface area (Å²) in [6.45, 7) is 5.27. The van der Waals surface area contributed by atoms with E-state index < -0.39 is 5.97 Å². The molecule has 0 radical (unpaired) electrons. The van der Waals surface area contributed by atoms with Crippen LogP contribution in [0.1, 0.15) is 96.8 Å². The Bertz CT molecular complexity index is 272. The molecule has 4 heteroatoms. The molecule has 0 unspecified atom stereocenters. The molecule has 0 aromatic carbocycles. The quantitative estimate of drug-likeness (QED) is 0.329. The first kappa shape index (κ1) is 23.4. The molecule has 0 amide bonds. The summed E-state index contributed by atoms with van der Waals surface area (Å²) in [6, 6.07) is 0. The number of hydrogen-bond acceptors (Lipinski definition) is 3. The van der Waals surface area contributed by atoms with Gasteiger partial charge in [0.15, 0.2) is 0 Å². The number of aliphatic hydroxyl groups excluding tert-OH is 1. The first-order chi connectivity index (χ1) is 11.7. The largest absolute Gasteiger partial charge is 0.481 e. The Kier molecular flexibility index (Phi) is 18.2. The molecule has 0 spiro atoms. The van der Waals surface area contributed by atoms with Crippen molar-refractivity contribution in [3.05, 3.63) is 0 Å². The lowest BCUT2D eigenvalue weighted by atomic mass is 10.1. The standard InChI is InChI=1S/C20H41NO3/c1-2-3-4-5-6-7-8-9-10-13-16-21(18-19-22)17-14-11-12-15-20(23)24/h22H,2-19H2,1H3,(H,23,24). The minimum atomic E-state index is -0.701. The minimum absolute atomic E-state index is 0.215. The molecule has 0 fully saturated rings. The molecular weight excluding hydrogens is 302 g/mol. The molecule has 24 heavy (non-hydrogen) atoms. The van der Waals surface area contributed by atoms with Gasteiger partial charge in [-0.1, -0.05) is 71.1 Å². The molecule has 0 aliphatic carbocycles. The molecule has 0 aromatic rings. The molecule has 0 aliphatic rings. The SMILES string of the molecule is CCCCCCCCCCCCN(CCO)CCCCCC(=O)O. The maximum Gasteiger partial charge on any atom is 0.303 e. The van der Waals surface area contributed by atoms with Crippen molar-refractivity contribution in [2.75, 3.05) is 26.2 Å². The highest BCUT2D eigenvalue weighted by Crippen LogP contribution is 2.11. The van der Waals surface area contributed by atoms with Crippen LogP contribution in [0, 0.1) is 0 Å². The van der Waals surface area contributed by atoms with Crippen LogP contribution in [0.25, 0.3) is 0 Å². The molecule has 2 N–H and O–H groups in total. The van der Waals surface area contributed by atoms with Crippen molar-refractivity contribution in [2.24, 2.45) is 0 Å². The van der Waals surface area contributed by atoms with Gasteiger partial charge in [-0.25, -0.2) is 0 Å². The number of hydrogen-bond donors (Lipinski definition) is 2. The van der Waals surface area contributed by atoms with Crippen LogP contribution >= 0.6 is 0 Å². The number of rotatable bonds is 19. The van der Waals surface area contributed by atoms with Gasteiger partial charge < -0.3 is 15.1 Å². The first-order valence-electron chi connectivity index (χ1n) is 10.3. The highest BCUT2D eigenvalue weighted by atomic mass is 16.4. The van der Waals surface area contributed by atoms with E-state index in [9.17, 15) is 4.79 Å². The molecule has 0 saturated heterocycles. The fraction of sp³-hybridized carbons (Fsp3) is 0.950. The third-order valence-corrected chi connectivity index (χ3v) is 4.61. The highest BCUT2D eigenvalue weighted by Gasteiger charge is 2.04. The minimum Gasteiger partial charge on any atom is -0.481 e. The Hall–Kier alpha value is -0.610. The molecule has 144 valence electrons. The Morgan fingerprint density at radius 3 is 1.62 bits per heavy atom. The second kappa shape index (κ2) is 18.7. The lowest BCUT2D eigenvalue weighted by Crippen LogP contribution is -2.29. The smallest absolute Gasteiger partial charge is 0.303 e. The van der Waals surface area contributed by atoms with Gasteiger partial charge in [-0.15, -0.1) is 0 Å². The normalized spacial score (nSPS) is 11.3. The van der Waals surface area contributed by atoms with Crippen LogP contribution in [0.5, 0.6) is 0 Å². The Balaban J connectivity index is 3.45. The van der Waals surface area contributed by atoms with Gasteiger partial charge in [-0.05, 0) is 32.4 Å². The molecule has 0 rings (SSSR count). The summed E-state index contributed by atoms with van der Waals surface area (Å²) in [5, 5.41) is 17.8. The molecule has 0 saturated carbocycles. The molecule has 4 nitrogen and oxygen atoms in total. The van der Waals surface area contributed by atoms with Gasteiger partial charge in [-0.2, -0.15) is 0 Å². The van der Waals surface area contributed by atoms with Crippen LogP contribution in [0.15, 0.2) is 0 Å². The van der Waals surface area contributed by atoms with Crippen molar-refractivity contribution in [3.8, 4) is 0 Å². The van der Waals surface area contributed by atoms with Gasteiger partial charge in [0.2, 0.25) is 0 Å². The van der Waals surface area contributed by atoms with Crippen molar-refractivity contribution in [1.82, 2.24) is 4.90 Å². The van der Waals surface area contributed by atoms with Crippen LogP contribution in [-0.4, -0.2) is 47.3 Å². The molecule has 0 atom stereocenters. The topological polar surface area (TPSA) is 60.8 Å². The third kappa shape index (κ3) is 17.7. The van der Waals surface area contributed by atoms with Gasteiger partial charge in [-0.3, -0.25) is 4.79 Å². The summed E-state index contributed by atoms with van der Waals surface area (Å²) in [5.74, 6) is -0.701. The van der Waals surface area contributed by atoms with E-state index in [0.717, 1.165) is 38.9 Å². The number of unbranched alkanes of at least 4 members (excludes halogenated alkanes) is 11. The Morgan fingerprint density at radius 1 is 0.708 bits per heavy atom. The van der Waals surface area contributed by atoms with E-state index in [1.807, 2.05) is 0 Å². The van der Waals surface area contributed by atoms with E-state index in [2.05, 4.69) is 11.8 Å². The van der Waals surface area contributed by atoms with Crippen LogP contribution in [0.3, 0.4) is 0 Å². The molecule has 0 bridgehead atoms. The summed E-state index contributed by atoms with van der Waals surface area (Å²) in [4.78, 5) is 12.8. The number of nitrogens with zero attached hydrogens (tertiary/aromatic N) is 1. The van der Waals surface area contributed by atoms with Gasteiger partial charge in [0.25, 0.3) is 0 Å². The van der Waals surface area contributed by atoms with E-state index >= 15 is 0 Å². The summed E-state index contributed by atoms with van der Waals surface area (Å²) in [5.41, 5.74) is 0. The van der Waals surface area contributed by atoms with Crippen molar-refractivity contribution in [2.45, 2.75) is 96.8 Å². The molecular formula is C20H41NO3. The average Bonchev–Trinajstić information content (AvgIpc) is 2.55. The van der Waals surface area contributed by atoms with Crippen LogP contribution < -0.4 is 0 Å². The van der Waals surface area contributed by atoms with Crippen molar-refractivity contribution >= 4 is 5.97 Å². The first-order valence-corrected chi connectivity index (χ1v) is 10.3. The zero-order valence-electron chi connectivity index (χ0n) is 16.0. The van der Waals surface area contributed by atoms with Gasteiger partial charge in [0.05, 0.1) is 6.61 Å². The zero-order chi connectivity index (χ0) is 17.9. The molecule has 0 heterocycles. The summed E-state index contributed by atoms with van der Waals surface area (Å²) in [6.07, 6.45) is 16.5. The molecule has 0 aliphatic heterocycles. The maximum atomic E-state index is 10.5. The third-order valence-electron chi connectivity index (χ3n) is 4.61. The number of aliphatic carboxylic acids is 1. The molecule has 0 aromatic heterocycles. The number of carbonyl (C=O) groups is 1. The van der Waals surface area contributed by atoms with Gasteiger partial charge in [0, 0.05) is 13.0 Å². The van der Waals surface area contributed by atoms with E-state index in [0.29, 0.717) is 0 Å². The second-order valence-corrected chi connectivity index (χ2v) is 6.95. The number of carboxylic acid groups (broad SMARTS) is 1. The second-order valence-electron chi connectivity index (χ2n) is 6.95. The van der Waals surface area contributed by atoms with Gasteiger partial charge in [0.1, 0.15) is 0 Å². The Morgan fingerprint density at radius 2 is 1.17 bits per heavy atom. The monoisotopic (exact) mass is 343 g/mol. The number of carboxylic acids is 1. The van der Waals surface area contributed by atoms with Crippen LogP contribution in [0.4, 0.5) is 0 Å². The maximum absolute atomic E-state index is 10.5. The predicted octanol–water partition coefficient (Wildman–Crippen LogP) is 4.85. The van der Waals surface area contributed by atoms with Crippen molar-refractivity contribution in [1.29, 1.82) is 0 Å². The lowest BCUT2D eigenvalue weighted by Gasteiger charge is -2.21. The van der Waals surface area contributed by atoms with Crippen LogP contribution in [0.2, 0.25) is 0 Å². The lowest BCUT2D eigenvalue weighted by molar-refractivity contribution is -0.137. The highest BCUT2D eigenvalue weighted by molar-refractivity contribution is 5.66. The summed E-state index contributed by atoms with van der Waals surface area (Å²) >= 11 is 0. The van der Waals surface area contributed by atoms with E-state index in [4.69, 9.17) is 10.2 Å². The summed E-state index contributed by atoms with van der Waals surface area (Å²) in [7, 11) is 0. The number of aliphatic hydroxyl groups is 1. The van der Waals surface area contributed by atoms with Gasteiger partial charge >= 0.3 is 5.97 Å². The van der Waals surface area contributed by atoms with E-state index in [1.165, 1.54) is 64.2 Å². The van der Waals surface area contributed by atoms with E-state index in [1.54, 1.807) is 0 Å². The fourth-order valence-corrected chi connectivity index (χ4v) is 3.09. The fourth-order valence-electron chi connectivity index (χ4n) is 3.09. The zero-order valence-corrected chi connectivity index (χ0v) is 16.0. The summed E-state index contributed by atoms with van der Waals surface area (Å²) < 4.78 is 0. The van der Waals surface area contributed by atoms with E-state index in [-0.39, 0.29) is 13.0 Å². The van der Waals surface area contributed by atoms with Crippen molar-refractivity contribution < 1.29 is 15.0 Å². The average molecular weight is 344 g/mol. The predicted molar refractivity (Wildman–Crippen MR) is 101 cm³/mol.